The van der Waals surface area contributed by atoms with Gasteiger partial charge in [0.25, 0.3) is 0 Å². The first-order chi connectivity index (χ1) is 19.1. The van der Waals surface area contributed by atoms with Crippen LogP contribution in [-0.4, -0.2) is 44.6 Å². The van der Waals surface area contributed by atoms with E-state index in [9.17, 15) is 17.6 Å². The Morgan fingerprint density at radius 3 is 2.58 bits per heavy atom. The Bertz CT molecular complexity index is 1560. The predicted octanol–water partition coefficient (Wildman–Crippen LogP) is 5.18. The molecule has 0 amide bonds. The number of fused-ring (bicyclic) bond motifs is 3. The second-order valence-electron chi connectivity index (χ2n) is 10.3. The molecule has 0 bridgehead atoms. The van der Waals surface area contributed by atoms with Crippen molar-refractivity contribution in [2.75, 3.05) is 25.2 Å². The van der Waals surface area contributed by atoms with Crippen molar-refractivity contribution in [3.63, 3.8) is 0 Å². The van der Waals surface area contributed by atoms with Crippen LogP contribution in [0.25, 0.3) is 11.1 Å². The molecule has 0 spiro atoms. The zero-order valence-electron chi connectivity index (χ0n) is 22.6. The van der Waals surface area contributed by atoms with E-state index in [1.54, 1.807) is 32.0 Å². The SMILES string of the molecule is CCOC(=O)C1C2Cc3cc(OCc4c(F)ccc(-c5ccc(OCCCS(C)(=O)=O)nc5C)c4F)ccc3C21. The number of nitrogens with zero attached hydrogens (tertiary/aromatic N) is 1. The summed E-state index contributed by atoms with van der Waals surface area (Å²) in [5, 5.41) is 0. The summed E-state index contributed by atoms with van der Waals surface area (Å²) in [6.07, 6.45) is 2.25. The fourth-order valence-corrected chi connectivity index (χ4v) is 6.18. The number of hydrogen-bond acceptors (Lipinski definition) is 7. The number of hydrogen-bond donors (Lipinski definition) is 0. The number of carbonyl (C=O) groups excluding carboxylic acids is 1. The number of sulfone groups is 1. The summed E-state index contributed by atoms with van der Waals surface area (Å²) < 4.78 is 69.3. The molecular weight excluding hydrogens is 540 g/mol. The Kier molecular flexibility index (Phi) is 7.81. The molecule has 0 saturated heterocycles. The molecule has 40 heavy (non-hydrogen) atoms. The third kappa shape index (κ3) is 5.82. The van der Waals surface area contributed by atoms with E-state index in [0.717, 1.165) is 23.8 Å². The molecule has 5 rings (SSSR count). The van der Waals surface area contributed by atoms with Crippen molar-refractivity contribution in [1.82, 2.24) is 4.98 Å². The fourth-order valence-electron chi connectivity index (χ4n) is 5.53. The summed E-state index contributed by atoms with van der Waals surface area (Å²) in [6, 6.07) is 11.4. The number of carbonyl (C=O) groups is 1. The lowest BCUT2D eigenvalue weighted by Crippen LogP contribution is -2.11. The summed E-state index contributed by atoms with van der Waals surface area (Å²) in [5.74, 6) is -0.430. The van der Waals surface area contributed by atoms with Crippen molar-refractivity contribution in [1.29, 1.82) is 0 Å². The van der Waals surface area contributed by atoms with Gasteiger partial charge in [0.1, 0.15) is 33.8 Å². The molecule has 1 heterocycles. The quantitative estimate of drug-likeness (QED) is 0.231. The van der Waals surface area contributed by atoms with Crippen molar-refractivity contribution >= 4 is 15.8 Å². The van der Waals surface area contributed by atoms with E-state index in [1.165, 1.54) is 12.1 Å². The minimum atomic E-state index is -3.07. The van der Waals surface area contributed by atoms with Crippen LogP contribution in [-0.2, 0) is 32.4 Å². The molecule has 1 fully saturated rings. The van der Waals surface area contributed by atoms with Crippen molar-refractivity contribution in [3.05, 3.63) is 76.5 Å². The lowest BCUT2D eigenvalue weighted by atomic mass is 10.0. The molecule has 3 atom stereocenters. The highest BCUT2D eigenvalue weighted by molar-refractivity contribution is 7.90. The maximum absolute atomic E-state index is 15.5. The molecule has 3 aromatic rings. The average Bonchev–Trinajstić information content (AvgIpc) is 3.48. The van der Waals surface area contributed by atoms with Crippen molar-refractivity contribution in [2.45, 2.75) is 39.2 Å². The van der Waals surface area contributed by atoms with Crippen LogP contribution in [0.3, 0.4) is 0 Å². The summed E-state index contributed by atoms with van der Waals surface area (Å²) in [6.45, 7) is 3.75. The molecule has 0 aliphatic heterocycles. The molecule has 0 radical (unpaired) electrons. The summed E-state index contributed by atoms with van der Waals surface area (Å²) in [5.41, 5.74) is 3.16. The number of pyridine rings is 1. The minimum Gasteiger partial charge on any atom is -0.489 e. The molecular formula is C30H31F2NO6S. The van der Waals surface area contributed by atoms with Gasteiger partial charge in [-0.3, -0.25) is 4.79 Å². The fraction of sp³-hybridized carbons (Fsp3) is 0.400. The highest BCUT2D eigenvalue weighted by atomic mass is 32.2. The number of rotatable bonds is 11. The Morgan fingerprint density at radius 2 is 1.85 bits per heavy atom. The van der Waals surface area contributed by atoms with E-state index in [0.29, 0.717) is 35.9 Å². The van der Waals surface area contributed by atoms with Crippen LogP contribution in [0, 0.1) is 30.4 Å². The van der Waals surface area contributed by atoms with E-state index >= 15 is 4.39 Å². The van der Waals surface area contributed by atoms with Gasteiger partial charge < -0.3 is 14.2 Å². The van der Waals surface area contributed by atoms with Gasteiger partial charge in [0, 0.05) is 35.1 Å². The van der Waals surface area contributed by atoms with Crippen LogP contribution in [0.4, 0.5) is 8.78 Å². The Hall–Kier alpha value is -3.53. The largest absolute Gasteiger partial charge is 0.489 e. The summed E-state index contributed by atoms with van der Waals surface area (Å²) >= 11 is 0. The number of halogens is 2. The van der Waals surface area contributed by atoms with Gasteiger partial charge in [0.2, 0.25) is 5.88 Å². The van der Waals surface area contributed by atoms with Crippen molar-refractivity contribution in [3.8, 4) is 22.8 Å². The van der Waals surface area contributed by atoms with Crippen LogP contribution in [0.1, 0.15) is 41.6 Å². The van der Waals surface area contributed by atoms with E-state index in [2.05, 4.69) is 4.98 Å². The number of ether oxygens (including phenoxy) is 3. The maximum Gasteiger partial charge on any atom is 0.309 e. The molecule has 2 aliphatic rings. The number of aryl methyl sites for hydroxylation is 1. The van der Waals surface area contributed by atoms with Crippen molar-refractivity contribution in [2.24, 2.45) is 11.8 Å². The molecule has 0 N–H and O–H groups in total. The van der Waals surface area contributed by atoms with Gasteiger partial charge in [0.05, 0.1) is 30.4 Å². The summed E-state index contributed by atoms with van der Waals surface area (Å²) in [7, 11) is -3.07. The lowest BCUT2D eigenvalue weighted by Gasteiger charge is -2.14. The van der Waals surface area contributed by atoms with E-state index in [-0.39, 0.29) is 53.8 Å². The third-order valence-corrected chi connectivity index (χ3v) is 8.52. The Morgan fingerprint density at radius 1 is 1.07 bits per heavy atom. The number of esters is 1. The van der Waals surface area contributed by atoms with Crippen LogP contribution in [0.15, 0.2) is 42.5 Å². The topological polar surface area (TPSA) is 91.8 Å². The van der Waals surface area contributed by atoms with Crippen LogP contribution < -0.4 is 9.47 Å². The Labute approximate surface area is 232 Å². The zero-order chi connectivity index (χ0) is 28.6. The van der Waals surface area contributed by atoms with Crippen LogP contribution >= 0.6 is 0 Å². The van der Waals surface area contributed by atoms with E-state index in [4.69, 9.17) is 14.2 Å². The molecule has 10 heteroatoms. The number of benzene rings is 2. The minimum absolute atomic E-state index is 0.0121. The van der Waals surface area contributed by atoms with Gasteiger partial charge in [-0.05, 0) is 74.1 Å². The van der Waals surface area contributed by atoms with Crippen LogP contribution in [0.5, 0.6) is 11.6 Å². The monoisotopic (exact) mass is 571 g/mol. The predicted molar refractivity (Wildman–Crippen MR) is 145 cm³/mol. The second-order valence-corrected chi connectivity index (χ2v) is 12.6. The summed E-state index contributed by atoms with van der Waals surface area (Å²) in [4.78, 5) is 16.5. The van der Waals surface area contributed by atoms with Crippen molar-refractivity contribution < 1.29 is 36.2 Å². The first kappa shape index (κ1) is 28.0. The standard InChI is InChI=1S/C30H31F2NO6S/c1-4-37-30(34)28-23-15-18-14-19(6-7-21(18)27(23)28)39-16-24-25(31)10-8-22(29(24)32)20-9-11-26(33-17(20)2)38-12-5-13-40(3,35)36/h6-11,14,23,27-28H,4-5,12-13,15-16H2,1-3H3. The molecule has 3 unspecified atom stereocenters. The molecule has 1 aromatic heterocycles. The van der Waals surface area contributed by atoms with Gasteiger partial charge in [-0.25, -0.2) is 22.2 Å². The van der Waals surface area contributed by atoms with Gasteiger partial charge in [-0.15, -0.1) is 0 Å². The van der Waals surface area contributed by atoms with Gasteiger partial charge in [-0.2, -0.15) is 0 Å². The highest BCUT2D eigenvalue weighted by Gasteiger charge is 2.60. The first-order valence-electron chi connectivity index (χ1n) is 13.2. The van der Waals surface area contributed by atoms with E-state index in [1.807, 2.05) is 12.1 Å². The van der Waals surface area contributed by atoms with Gasteiger partial charge in [0.15, 0.2) is 0 Å². The molecule has 2 aliphatic carbocycles. The normalized spacial score (nSPS) is 19.1. The first-order valence-corrected chi connectivity index (χ1v) is 15.3. The zero-order valence-corrected chi connectivity index (χ0v) is 23.4. The Balaban J connectivity index is 1.25. The van der Waals surface area contributed by atoms with E-state index < -0.39 is 21.5 Å². The molecule has 2 aromatic carbocycles. The number of aromatic nitrogens is 1. The maximum atomic E-state index is 15.5. The van der Waals surface area contributed by atoms with Gasteiger partial charge in [-0.1, -0.05) is 6.07 Å². The van der Waals surface area contributed by atoms with Gasteiger partial charge >= 0.3 is 5.97 Å². The molecule has 7 nitrogen and oxygen atoms in total. The van der Waals surface area contributed by atoms with Crippen LogP contribution in [0.2, 0.25) is 0 Å². The molecule has 212 valence electrons. The average molecular weight is 572 g/mol. The highest BCUT2D eigenvalue weighted by Crippen LogP contribution is 2.62. The smallest absolute Gasteiger partial charge is 0.309 e. The molecule has 1 saturated carbocycles. The third-order valence-electron chi connectivity index (χ3n) is 7.49. The second kappa shape index (κ2) is 11.2. The lowest BCUT2D eigenvalue weighted by molar-refractivity contribution is -0.145.